The molecule has 0 unspecified atom stereocenters. The Kier molecular flexibility index (Phi) is 8.57. The summed E-state index contributed by atoms with van der Waals surface area (Å²) in [7, 11) is 2.08. The van der Waals surface area contributed by atoms with E-state index in [1.54, 1.807) is 0 Å². The van der Waals surface area contributed by atoms with Crippen LogP contribution in [0, 0.1) is 0 Å². The minimum absolute atomic E-state index is 0. The molecule has 0 atom stereocenters. The first-order valence-electron chi connectivity index (χ1n) is 9.23. The number of fused-ring (bicyclic) bond motifs is 1. The van der Waals surface area contributed by atoms with Crippen LogP contribution < -0.4 is 5.32 Å². The largest absolute Gasteiger partial charge is 0.357 e. The summed E-state index contributed by atoms with van der Waals surface area (Å²) in [5, 5.41) is 3.38. The highest BCUT2D eigenvalue weighted by molar-refractivity contribution is 14.0. The summed E-state index contributed by atoms with van der Waals surface area (Å²) in [4.78, 5) is 14.9. The van der Waals surface area contributed by atoms with E-state index < -0.39 is 0 Å². The Labute approximate surface area is 178 Å². The fourth-order valence-corrected chi connectivity index (χ4v) is 2.96. The number of para-hydroxylation sites is 2. The molecule has 1 heterocycles. The molecule has 0 radical (unpaired) electrons. The number of rotatable bonds is 7. The van der Waals surface area contributed by atoms with Gasteiger partial charge < -0.3 is 15.2 Å². The van der Waals surface area contributed by atoms with Gasteiger partial charge in [0, 0.05) is 33.1 Å². The minimum Gasteiger partial charge on any atom is -0.357 e. The Morgan fingerprint density at radius 2 is 1.85 bits per heavy atom. The molecule has 0 saturated heterocycles. The first kappa shape index (κ1) is 21.2. The first-order chi connectivity index (χ1) is 12.8. The third-order valence-electron chi connectivity index (χ3n) is 4.23. The van der Waals surface area contributed by atoms with Crippen molar-refractivity contribution in [1.29, 1.82) is 0 Å². The number of nitrogens with one attached hydrogen (secondary N) is 2. The lowest BCUT2D eigenvalue weighted by Gasteiger charge is -2.22. The summed E-state index contributed by atoms with van der Waals surface area (Å²) in [5.74, 6) is 1.98. The normalized spacial score (nSPS) is 11.3. The predicted molar refractivity (Wildman–Crippen MR) is 124 cm³/mol. The van der Waals surface area contributed by atoms with Crippen LogP contribution in [0.2, 0.25) is 0 Å². The lowest BCUT2D eigenvalue weighted by Crippen LogP contribution is -2.38. The van der Waals surface area contributed by atoms with Crippen molar-refractivity contribution in [2.24, 2.45) is 4.99 Å². The second-order valence-electron chi connectivity index (χ2n) is 6.38. The van der Waals surface area contributed by atoms with Crippen LogP contribution in [-0.4, -0.2) is 41.0 Å². The third kappa shape index (κ3) is 6.23. The number of benzene rings is 2. The Morgan fingerprint density at radius 1 is 1.11 bits per heavy atom. The molecular formula is C21H28IN5. The van der Waals surface area contributed by atoms with Crippen molar-refractivity contribution in [3.05, 3.63) is 66.0 Å². The summed E-state index contributed by atoms with van der Waals surface area (Å²) in [6, 6.07) is 18.6. The Balaban J connectivity index is 0.00000261. The quantitative estimate of drug-likeness (QED) is 0.232. The van der Waals surface area contributed by atoms with E-state index in [1.807, 2.05) is 24.3 Å². The average molecular weight is 477 g/mol. The van der Waals surface area contributed by atoms with Crippen molar-refractivity contribution in [3.63, 3.8) is 0 Å². The molecule has 0 aliphatic rings. The number of aryl methyl sites for hydroxylation is 1. The van der Waals surface area contributed by atoms with E-state index in [9.17, 15) is 0 Å². The molecule has 0 aliphatic carbocycles. The zero-order valence-electron chi connectivity index (χ0n) is 16.0. The highest BCUT2D eigenvalue weighted by Crippen LogP contribution is 2.11. The molecule has 3 aromatic rings. The number of aromatic amines is 1. The number of guanidine groups is 1. The summed E-state index contributed by atoms with van der Waals surface area (Å²) < 4.78 is 0. The molecular weight excluding hydrogens is 449 g/mol. The van der Waals surface area contributed by atoms with Crippen molar-refractivity contribution >= 4 is 41.0 Å². The van der Waals surface area contributed by atoms with Crippen LogP contribution in [0.1, 0.15) is 24.7 Å². The van der Waals surface area contributed by atoms with Gasteiger partial charge in [0.1, 0.15) is 5.82 Å². The molecule has 0 spiro atoms. The third-order valence-corrected chi connectivity index (χ3v) is 4.23. The summed E-state index contributed by atoms with van der Waals surface area (Å²) >= 11 is 0. The molecule has 0 bridgehead atoms. The average Bonchev–Trinajstić information content (AvgIpc) is 3.08. The Hall–Kier alpha value is -2.09. The summed E-state index contributed by atoms with van der Waals surface area (Å²) in [6.07, 6.45) is 1.87. The Bertz CT molecular complexity index is 811. The van der Waals surface area contributed by atoms with Crippen LogP contribution >= 0.6 is 24.0 Å². The van der Waals surface area contributed by atoms with Crippen LogP contribution in [-0.2, 0) is 13.0 Å². The molecule has 1 aromatic heterocycles. The lowest BCUT2D eigenvalue weighted by atomic mass is 10.2. The molecule has 2 aromatic carbocycles. The van der Waals surface area contributed by atoms with Crippen molar-refractivity contribution < 1.29 is 0 Å². The number of imidazole rings is 1. The van der Waals surface area contributed by atoms with Crippen molar-refractivity contribution in [3.8, 4) is 0 Å². The van der Waals surface area contributed by atoms with Crippen LogP contribution in [0.5, 0.6) is 0 Å². The van der Waals surface area contributed by atoms with Gasteiger partial charge in [-0.3, -0.25) is 4.99 Å². The van der Waals surface area contributed by atoms with Crippen LogP contribution in [0.3, 0.4) is 0 Å². The van der Waals surface area contributed by atoms with Gasteiger partial charge in [0.2, 0.25) is 0 Å². The van der Waals surface area contributed by atoms with Gasteiger partial charge in [-0.15, -0.1) is 24.0 Å². The zero-order chi connectivity index (χ0) is 18.2. The molecule has 6 heteroatoms. The highest BCUT2D eigenvalue weighted by Gasteiger charge is 2.06. The molecule has 5 nitrogen and oxygen atoms in total. The number of hydrogen-bond donors (Lipinski definition) is 2. The number of H-pyrrole nitrogens is 1. The van der Waals surface area contributed by atoms with Gasteiger partial charge in [-0.1, -0.05) is 42.5 Å². The topological polar surface area (TPSA) is 56.3 Å². The molecule has 0 amide bonds. The molecule has 144 valence electrons. The fourth-order valence-electron chi connectivity index (χ4n) is 2.96. The van der Waals surface area contributed by atoms with E-state index in [1.165, 1.54) is 5.56 Å². The van der Waals surface area contributed by atoms with E-state index >= 15 is 0 Å². The van der Waals surface area contributed by atoms with E-state index in [2.05, 4.69) is 64.5 Å². The number of aliphatic imine (C=N–C) groups is 1. The monoisotopic (exact) mass is 477 g/mol. The molecule has 27 heavy (non-hydrogen) atoms. The molecule has 0 saturated carbocycles. The predicted octanol–water partition coefficient (Wildman–Crippen LogP) is 4.21. The SMILES string of the molecule is CCNC(=NCCCc1nc2ccccc2[nH]1)N(C)Cc1ccccc1.I. The maximum absolute atomic E-state index is 4.77. The van der Waals surface area contributed by atoms with E-state index in [-0.39, 0.29) is 24.0 Å². The maximum atomic E-state index is 4.77. The lowest BCUT2D eigenvalue weighted by molar-refractivity contribution is 0.476. The van der Waals surface area contributed by atoms with Crippen molar-refractivity contribution in [2.75, 3.05) is 20.1 Å². The van der Waals surface area contributed by atoms with Gasteiger partial charge in [0.25, 0.3) is 0 Å². The van der Waals surface area contributed by atoms with Gasteiger partial charge in [-0.05, 0) is 31.0 Å². The van der Waals surface area contributed by atoms with Gasteiger partial charge in [0.15, 0.2) is 5.96 Å². The van der Waals surface area contributed by atoms with Gasteiger partial charge in [0.05, 0.1) is 11.0 Å². The van der Waals surface area contributed by atoms with Crippen molar-refractivity contribution in [2.45, 2.75) is 26.3 Å². The van der Waals surface area contributed by atoms with Crippen LogP contribution in [0.15, 0.2) is 59.6 Å². The second-order valence-corrected chi connectivity index (χ2v) is 6.38. The van der Waals surface area contributed by atoms with E-state index in [4.69, 9.17) is 4.99 Å². The number of nitrogens with zero attached hydrogens (tertiary/aromatic N) is 3. The van der Waals surface area contributed by atoms with E-state index in [0.717, 1.165) is 55.3 Å². The zero-order valence-corrected chi connectivity index (χ0v) is 18.3. The van der Waals surface area contributed by atoms with Gasteiger partial charge >= 0.3 is 0 Å². The standard InChI is InChI=1S/C21H27N5.HI/c1-3-22-21(26(2)16-17-10-5-4-6-11-17)23-15-9-14-20-24-18-12-7-8-13-19(18)25-20;/h4-8,10-13H,3,9,14-16H2,1-2H3,(H,22,23)(H,24,25);1H. The molecule has 0 aliphatic heterocycles. The van der Waals surface area contributed by atoms with Crippen molar-refractivity contribution in [1.82, 2.24) is 20.2 Å². The Morgan fingerprint density at radius 3 is 2.59 bits per heavy atom. The first-order valence-corrected chi connectivity index (χ1v) is 9.23. The number of aromatic nitrogens is 2. The van der Waals surface area contributed by atoms with Gasteiger partial charge in [-0.25, -0.2) is 4.98 Å². The summed E-state index contributed by atoms with van der Waals surface area (Å²) in [6.45, 7) is 4.58. The number of hydrogen-bond acceptors (Lipinski definition) is 2. The molecule has 3 rings (SSSR count). The smallest absolute Gasteiger partial charge is 0.193 e. The fraction of sp³-hybridized carbons (Fsp3) is 0.333. The van der Waals surface area contributed by atoms with Crippen LogP contribution in [0.25, 0.3) is 11.0 Å². The van der Waals surface area contributed by atoms with Crippen LogP contribution in [0.4, 0.5) is 0 Å². The van der Waals surface area contributed by atoms with E-state index in [0.29, 0.717) is 0 Å². The van der Waals surface area contributed by atoms with Gasteiger partial charge in [-0.2, -0.15) is 0 Å². The minimum atomic E-state index is 0. The maximum Gasteiger partial charge on any atom is 0.193 e. The molecule has 0 fully saturated rings. The number of halogens is 1. The molecule has 2 N–H and O–H groups in total. The second kappa shape index (κ2) is 10.9. The highest BCUT2D eigenvalue weighted by atomic mass is 127. The summed E-state index contributed by atoms with van der Waals surface area (Å²) in [5.41, 5.74) is 3.41.